The molecule has 5 heteroatoms. The second-order valence-corrected chi connectivity index (χ2v) is 7.04. The van der Waals surface area contributed by atoms with E-state index in [4.69, 9.17) is 0 Å². The molecule has 3 nitrogen and oxygen atoms in total. The molecule has 0 aliphatic heterocycles. The quantitative estimate of drug-likeness (QED) is 0.914. The second kappa shape index (κ2) is 4.97. The first-order chi connectivity index (χ1) is 8.46. The molecule has 0 amide bonds. The predicted molar refractivity (Wildman–Crippen MR) is 68.6 cm³/mol. The molecule has 3 atom stereocenters. The van der Waals surface area contributed by atoms with Crippen LogP contribution in [0.4, 0.5) is 4.39 Å². The Hall–Kier alpha value is -0.940. The summed E-state index contributed by atoms with van der Waals surface area (Å²) in [6.07, 6.45) is 1.47. The first-order valence-electron chi connectivity index (χ1n) is 6.13. The van der Waals surface area contributed by atoms with E-state index in [1.807, 2.05) is 14.0 Å². The zero-order chi connectivity index (χ0) is 13.3. The van der Waals surface area contributed by atoms with Gasteiger partial charge in [-0.3, -0.25) is 0 Å². The van der Waals surface area contributed by atoms with Gasteiger partial charge in [0.25, 0.3) is 0 Å². The Morgan fingerprint density at radius 1 is 1.33 bits per heavy atom. The van der Waals surface area contributed by atoms with Crippen molar-refractivity contribution in [1.82, 2.24) is 5.32 Å². The van der Waals surface area contributed by atoms with Crippen LogP contribution >= 0.6 is 0 Å². The fourth-order valence-electron chi connectivity index (χ4n) is 2.79. The summed E-state index contributed by atoms with van der Waals surface area (Å²) in [5.74, 6) is -0.463. The minimum Gasteiger partial charge on any atom is -0.317 e. The van der Waals surface area contributed by atoms with Crippen LogP contribution in [0.1, 0.15) is 19.8 Å². The van der Waals surface area contributed by atoms with E-state index in [0.29, 0.717) is 6.42 Å². The van der Waals surface area contributed by atoms with Gasteiger partial charge in [-0.1, -0.05) is 13.0 Å². The highest BCUT2D eigenvalue weighted by Crippen LogP contribution is 2.34. The molecule has 0 aromatic heterocycles. The highest BCUT2D eigenvalue weighted by molar-refractivity contribution is 7.92. The molecule has 2 rings (SSSR count). The number of benzene rings is 1. The molecule has 1 saturated carbocycles. The summed E-state index contributed by atoms with van der Waals surface area (Å²) in [4.78, 5) is 0.0936. The molecule has 0 saturated heterocycles. The molecule has 0 bridgehead atoms. The SMILES string of the molecule is CNC1CCC(S(=O)(=O)c2cccc(F)c2)C1C. The van der Waals surface area contributed by atoms with E-state index >= 15 is 0 Å². The van der Waals surface area contributed by atoms with Gasteiger partial charge in [-0.2, -0.15) is 0 Å². The molecular formula is C13H18FNO2S. The summed E-state index contributed by atoms with van der Waals surface area (Å²) in [6, 6.07) is 5.50. The molecule has 100 valence electrons. The third-order valence-corrected chi connectivity index (χ3v) is 6.25. The zero-order valence-corrected chi connectivity index (χ0v) is 11.4. The van der Waals surface area contributed by atoms with Crippen LogP contribution in [0.3, 0.4) is 0 Å². The minimum atomic E-state index is -3.43. The van der Waals surface area contributed by atoms with Crippen molar-refractivity contribution in [1.29, 1.82) is 0 Å². The number of halogens is 1. The Balaban J connectivity index is 2.33. The van der Waals surface area contributed by atoms with Crippen molar-refractivity contribution in [2.24, 2.45) is 5.92 Å². The van der Waals surface area contributed by atoms with Crippen molar-refractivity contribution in [3.63, 3.8) is 0 Å². The molecule has 1 aliphatic carbocycles. The van der Waals surface area contributed by atoms with Crippen LogP contribution in [0.2, 0.25) is 0 Å². The van der Waals surface area contributed by atoms with Crippen LogP contribution in [-0.2, 0) is 9.84 Å². The Bertz CT molecular complexity index is 530. The van der Waals surface area contributed by atoms with E-state index in [0.717, 1.165) is 12.5 Å². The molecular weight excluding hydrogens is 253 g/mol. The number of hydrogen-bond acceptors (Lipinski definition) is 3. The normalized spacial score (nSPS) is 28.5. The van der Waals surface area contributed by atoms with Gasteiger partial charge in [0.1, 0.15) is 5.82 Å². The predicted octanol–water partition coefficient (Wildman–Crippen LogP) is 1.99. The van der Waals surface area contributed by atoms with Crippen molar-refractivity contribution in [3.05, 3.63) is 30.1 Å². The van der Waals surface area contributed by atoms with Crippen LogP contribution in [0.25, 0.3) is 0 Å². The van der Waals surface area contributed by atoms with Gasteiger partial charge in [-0.15, -0.1) is 0 Å². The lowest BCUT2D eigenvalue weighted by Gasteiger charge is -2.20. The number of nitrogens with one attached hydrogen (secondary N) is 1. The summed E-state index contributed by atoms with van der Waals surface area (Å²) < 4.78 is 38.1. The van der Waals surface area contributed by atoms with Crippen molar-refractivity contribution in [2.45, 2.75) is 36.0 Å². The summed E-state index contributed by atoms with van der Waals surface area (Å²) in [5.41, 5.74) is 0. The van der Waals surface area contributed by atoms with Gasteiger partial charge < -0.3 is 5.32 Å². The van der Waals surface area contributed by atoms with Gasteiger partial charge in [0.2, 0.25) is 0 Å². The Morgan fingerprint density at radius 2 is 2.06 bits per heavy atom. The van der Waals surface area contributed by atoms with Crippen LogP contribution in [0.15, 0.2) is 29.2 Å². The lowest BCUT2D eigenvalue weighted by atomic mass is 10.1. The maximum absolute atomic E-state index is 13.1. The molecule has 0 spiro atoms. The highest BCUT2D eigenvalue weighted by atomic mass is 32.2. The molecule has 0 radical (unpaired) electrons. The molecule has 1 aromatic carbocycles. The third kappa shape index (κ3) is 2.29. The van der Waals surface area contributed by atoms with Crippen LogP contribution in [0, 0.1) is 11.7 Å². The fraction of sp³-hybridized carbons (Fsp3) is 0.538. The smallest absolute Gasteiger partial charge is 0.181 e. The monoisotopic (exact) mass is 271 g/mol. The maximum Gasteiger partial charge on any atom is 0.181 e. The van der Waals surface area contributed by atoms with Crippen molar-refractivity contribution in [3.8, 4) is 0 Å². The van der Waals surface area contributed by atoms with Crippen LogP contribution in [0.5, 0.6) is 0 Å². The average Bonchev–Trinajstić information content (AvgIpc) is 2.71. The summed E-state index contributed by atoms with van der Waals surface area (Å²) in [5, 5.41) is 2.72. The molecule has 0 heterocycles. The van der Waals surface area contributed by atoms with E-state index < -0.39 is 20.9 Å². The van der Waals surface area contributed by atoms with Gasteiger partial charge >= 0.3 is 0 Å². The van der Waals surface area contributed by atoms with Crippen molar-refractivity contribution in [2.75, 3.05) is 7.05 Å². The molecule has 3 unspecified atom stereocenters. The maximum atomic E-state index is 13.1. The Morgan fingerprint density at radius 3 is 2.61 bits per heavy atom. The van der Waals surface area contributed by atoms with Gasteiger partial charge in [-0.25, -0.2) is 12.8 Å². The fourth-order valence-corrected chi connectivity index (χ4v) is 4.89. The molecule has 1 N–H and O–H groups in total. The van der Waals surface area contributed by atoms with Gasteiger partial charge in [0.15, 0.2) is 9.84 Å². The van der Waals surface area contributed by atoms with Gasteiger partial charge in [0.05, 0.1) is 10.1 Å². The zero-order valence-electron chi connectivity index (χ0n) is 10.6. The molecule has 18 heavy (non-hydrogen) atoms. The first-order valence-corrected chi connectivity index (χ1v) is 7.68. The topological polar surface area (TPSA) is 46.2 Å². The summed E-state index contributed by atoms with van der Waals surface area (Å²) in [6.45, 7) is 1.94. The molecule has 1 fully saturated rings. The Kier molecular flexibility index (Phi) is 3.73. The van der Waals surface area contributed by atoms with Gasteiger partial charge in [0, 0.05) is 6.04 Å². The lowest BCUT2D eigenvalue weighted by molar-refractivity contribution is 0.453. The number of sulfone groups is 1. The van der Waals surface area contributed by atoms with Crippen LogP contribution in [-0.4, -0.2) is 26.8 Å². The van der Waals surface area contributed by atoms with Crippen molar-refractivity contribution >= 4 is 9.84 Å². The number of hydrogen-bond donors (Lipinski definition) is 1. The molecule has 1 aromatic rings. The van der Waals surface area contributed by atoms with Crippen molar-refractivity contribution < 1.29 is 12.8 Å². The largest absolute Gasteiger partial charge is 0.317 e. The Labute approximate surface area is 107 Å². The highest BCUT2D eigenvalue weighted by Gasteiger charge is 2.40. The second-order valence-electron chi connectivity index (χ2n) is 4.87. The first kappa shape index (κ1) is 13.5. The van der Waals surface area contributed by atoms with E-state index in [9.17, 15) is 12.8 Å². The summed E-state index contributed by atoms with van der Waals surface area (Å²) in [7, 11) is -1.59. The van der Waals surface area contributed by atoms with E-state index in [1.54, 1.807) is 0 Å². The number of rotatable bonds is 3. The van der Waals surface area contributed by atoms with Gasteiger partial charge in [-0.05, 0) is 44.0 Å². The third-order valence-electron chi connectivity index (χ3n) is 3.88. The lowest BCUT2D eigenvalue weighted by Crippen LogP contribution is -2.34. The standard InChI is InChI=1S/C13H18FNO2S/c1-9-12(15-2)6-7-13(9)18(16,17)11-5-3-4-10(14)8-11/h3-5,8-9,12-13,15H,6-7H2,1-2H3. The minimum absolute atomic E-state index is 0.0447. The van der Waals surface area contributed by atoms with Crippen LogP contribution < -0.4 is 5.32 Å². The van der Waals surface area contributed by atoms with E-state index in [-0.39, 0.29) is 16.9 Å². The van der Waals surface area contributed by atoms with E-state index in [1.165, 1.54) is 18.2 Å². The van der Waals surface area contributed by atoms with E-state index in [2.05, 4.69) is 5.32 Å². The summed E-state index contributed by atoms with van der Waals surface area (Å²) >= 11 is 0. The molecule has 1 aliphatic rings. The average molecular weight is 271 g/mol.